The second-order valence-corrected chi connectivity index (χ2v) is 6.30. The average molecular weight is 324 g/mol. The summed E-state index contributed by atoms with van der Waals surface area (Å²) in [5, 5.41) is 4.10. The molecule has 5 nitrogen and oxygen atoms in total. The standard InChI is InChI=1S/C16H24N2O3S/c22-16(17-10-13-4-1-7-19-13)18(11-14-5-2-8-20-14)12-15-6-3-9-21-15/h2,5,8,13,15H,1,3-4,6-7,9-12H2,(H,17,22). The summed E-state index contributed by atoms with van der Waals surface area (Å²) in [5.74, 6) is 0.916. The molecular weight excluding hydrogens is 300 g/mol. The molecule has 2 aliphatic rings. The molecule has 6 heteroatoms. The lowest BCUT2D eigenvalue weighted by Crippen LogP contribution is -2.45. The van der Waals surface area contributed by atoms with Crippen LogP contribution in [0.25, 0.3) is 0 Å². The number of thiocarbonyl (C=S) groups is 1. The van der Waals surface area contributed by atoms with Crippen molar-refractivity contribution in [1.29, 1.82) is 0 Å². The number of ether oxygens (including phenoxy) is 2. The minimum absolute atomic E-state index is 0.262. The SMILES string of the molecule is S=C(NCC1CCCO1)N(Cc1ccco1)CC1CCCO1. The van der Waals surface area contributed by atoms with E-state index < -0.39 is 0 Å². The highest BCUT2D eigenvalue weighted by molar-refractivity contribution is 7.80. The van der Waals surface area contributed by atoms with Crippen molar-refractivity contribution < 1.29 is 13.9 Å². The first kappa shape index (κ1) is 15.8. The van der Waals surface area contributed by atoms with Crippen molar-refractivity contribution in [2.45, 2.75) is 44.4 Å². The van der Waals surface area contributed by atoms with Crippen LogP contribution in [-0.4, -0.2) is 48.5 Å². The van der Waals surface area contributed by atoms with Crippen molar-refractivity contribution in [1.82, 2.24) is 10.2 Å². The summed E-state index contributed by atoms with van der Waals surface area (Å²) in [7, 11) is 0. The number of hydrogen-bond acceptors (Lipinski definition) is 4. The first-order valence-corrected chi connectivity index (χ1v) is 8.50. The molecule has 2 saturated heterocycles. The molecule has 0 saturated carbocycles. The van der Waals surface area contributed by atoms with Gasteiger partial charge in [0.2, 0.25) is 0 Å². The Hall–Kier alpha value is -1.11. The van der Waals surface area contributed by atoms with E-state index in [2.05, 4.69) is 10.2 Å². The molecule has 2 atom stereocenters. The maximum Gasteiger partial charge on any atom is 0.169 e. The maximum atomic E-state index is 5.75. The van der Waals surface area contributed by atoms with E-state index in [9.17, 15) is 0 Å². The van der Waals surface area contributed by atoms with Crippen LogP contribution in [0.2, 0.25) is 0 Å². The fourth-order valence-electron chi connectivity index (χ4n) is 2.96. The number of rotatable bonds is 6. The van der Waals surface area contributed by atoms with Crippen LogP contribution in [0.3, 0.4) is 0 Å². The van der Waals surface area contributed by atoms with Crippen LogP contribution in [0.5, 0.6) is 0 Å². The molecule has 1 N–H and O–H groups in total. The lowest BCUT2D eigenvalue weighted by atomic mass is 10.2. The second-order valence-electron chi connectivity index (χ2n) is 5.92. The van der Waals surface area contributed by atoms with Gasteiger partial charge in [-0.2, -0.15) is 0 Å². The summed E-state index contributed by atoms with van der Waals surface area (Å²) < 4.78 is 16.8. The van der Waals surface area contributed by atoms with Crippen LogP contribution in [0, 0.1) is 0 Å². The Morgan fingerprint density at radius 1 is 1.23 bits per heavy atom. The molecule has 3 rings (SSSR count). The molecular formula is C16H24N2O3S. The van der Waals surface area contributed by atoms with E-state index in [0.29, 0.717) is 6.54 Å². The quantitative estimate of drug-likeness (QED) is 0.810. The monoisotopic (exact) mass is 324 g/mol. The zero-order valence-corrected chi connectivity index (χ0v) is 13.6. The zero-order chi connectivity index (χ0) is 15.2. The highest BCUT2D eigenvalue weighted by Crippen LogP contribution is 2.16. The summed E-state index contributed by atoms with van der Waals surface area (Å²) in [4.78, 5) is 2.14. The van der Waals surface area contributed by atoms with E-state index in [1.165, 1.54) is 0 Å². The largest absolute Gasteiger partial charge is 0.467 e. The predicted molar refractivity (Wildman–Crippen MR) is 87.7 cm³/mol. The van der Waals surface area contributed by atoms with Crippen molar-refractivity contribution in [2.75, 3.05) is 26.3 Å². The lowest BCUT2D eigenvalue weighted by Gasteiger charge is -2.28. The van der Waals surface area contributed by atoms with Crippen molar-refractivity contribution >= 4 is 17.3 Å². The number of nitrogens with zero attached hydrogens (tertiary/aromatic N) is 1. The van der Waals surface area contributed by atoms with Crippen molar-refractivity contribution in [3.05, 3.63) is 24.2 Å². The Morgan fingerprint density at radius 2 is 2.00 bits per heavy atom. The third kappa shape index (κ3) is 4.44. The molecule has 0 aromatic carbocycles. The fourth-order valence-corrected chi connectivity index (χ4v) is 3.18. The highest BCUT2D eigenvalue weighted by Gasteiger charge is 2.23. The van der Waals surface area contributed by atoms with Gasteiger partial charge in [-0.15, -0.1) is 0 Å². The van der Waals surface area contributed by atoms with Gasteiger partial charge in [0, 0.05) is 26.3 Å². The van der Waals surface area contributed by atoms with E-state index in [4.69, 9.17) is 26.1 Å². The summed E-state index contributed by atoms with van der Waals surface area (Å²) in [6.07, 6.45) is 6.73. The first-order valence-electron chi connectivity index (χ1n) is 8.09. The number of hydrogen-bond donors (Lipinski definition) is 1. The third-order valence-electron chi connectivity index (χ3n) is 4.17. The fraction of sp³-hybridized carbons (Fsp3) is 0.688. The molecule has 0 radical (unpaired) electrons. The molecule has 1 aromatic rings. The summed E-state index contributed by atoms with van der Waals surface area (Å²) in [6.45, 7) is 3.97. The van der Waals surface area contributed by atoms with E-state index in [0.717, 1.165) is 62.9 Å². The van der Waals surface area contributed by atoms with Crippen LogP contribution >= 0.6 is 12.2 Å². The van der Waals surface area contributed by atoms with E-state index in [1.807, 2.05) is 12.1 Å². The van der Waals surface area contributed by atoms with Crippen LogP contribution in [0.4, 0.5) is 0 Å². The van der Waals surface area contributed by atoms with Gasteiger partial charge in [-0.3, -0.25) is 0 Å². The van der Waals surface area contributed by atoms with Gasteiger partial charge in [0.25, 0.3) is 0 Å². The van der Waals surface area contributed by atoms with E-state index in [1.54, 1.807) is 6.26 Å². The van der Waals surface area contributed by atoms with Crippen molar-refractivity contribution in [3.63, 3.8) is 0 Å². The van der Waals surface area contributed by atoms with Gasteiger partial charge in [-0.05, 0) is 50.0 Å². The molecule has 2 unspecified atom stereocenters. The summed E-state index contributed by atoms with van der Waals surface area (Å²) in [6, 6.07) is 3.88. The van der Waals surface area contributed by atoms with Crippen LogP contribution in [0.15, 0.2) is 22.8 Å². The normalized spacial score (nSPS) is 24.5. The molecule has 0 amide bonds. The zero-order valence-electron chi connectivity index (χ0n) is 12.8. The van der Waals surface area contributed by atoms with Crippen LogP contribution < -0.4 is 5.32 Å². The number of furan rings is 1. The van der Waals surface area contributed by atoms with Crippen LogP contribution in [0.1, 0.15) is 31.4 Å². The molecule has 0 bridgehead atoms. The Labute approximate surface area is 136 Å². The lowest BCUT2D eigenvalue weighted by molar-refractivity contribution is 0.0873. The van der Waals surface area contributed by atoms with Gasteiger partial charge in [0.05, 0.1) is 25.0 Å². The predicted octanol–water partition coefficient (Wildman–Crippen LogP) is 2.31. The Balaban J connectivity index is 1.54. The highest BCUT2D eigenvalue weighted by atomic mass is 32.1. The van der Waals surface area contributed by atoms with Gasteiger partial charge < -0.3 is 24.1 Å². The molecule has 1 aromatic heterocycles. The summed E-state index contributed by atoms with van der Waals surface area (Å²) >= 11 is 5.58. The average Bonchev–Trinajstić information content (AvgIpc) is 3.27. The molecule has 0 aliphatic carbocycles. The molecule has 3 heterocycles. The third-order valence-corrected chi connectivity index (χ3v) is 4.57. The molecule has 22 heavy (non-hydrogen) atoms. The minimum Gasteiger partial charge on any atom is -0.467 e. The Kier molecular flexibility index (Phi) is 5.70. The first-order chi connectivity index (χ1) is 10.8. The Bertz CT molecular complexity index is 454. The summed E-state index contributed by atoms with van der Waals surface area (Å²) in [5.41, 5.74) is 0. The smallest absolute Gasteiger partial charge is 0.169 e. The van der Waals surface area contributed by atoms with Gasteiger partial charge in [0.15, 0.2) is 5.11 Å². The van der Waals surface area contributed by atoms with E-state index >= 15 is 0 Å². The molecule has 0 spiro atoms. The van der Waals surface area contributed by atoms with Crippen molar-refractivity contribution in [2.24, 2.45) is 0 Å². The van der Waals surface area contributed by atoms with Crippen molar-refractivity contribution in [3.8, 4) is 0 Å². The van der Waals surface area contributed by atoms with Gasteiger partial charge in [-0.1, -0.05) is 0 Å². The van der Waals surface area contributed by atoms with Gasteiger partial charge in [-0.25, -0.2) is 0 Å². The second kappa shape index (κ2) is 7.94. The minimum atomic E-state index is 0.262. The van der Waals surface area contributed by atoms with Gasteiger partial charge in [0.1, 0.15) is 5.76 Å². The van der Waals surface area contributed by atoms with E-state index in [-0.39, 0.29) is 12.2 Å². The number of nitrogens with one attached hydrogen (secondary N) is 1. The van der Waals surface area contributed by atoms with Crippen LogP contribution in [-0.2, 0) is 16.0 Å². The maximum absolute atomic E-state index is 5.75. The molecule has 2 aliphatic heterocycles. The topological polar surface area (TPSA) is 46.9 Å². The van der Waals surface area contributed by atoms with Gasteiger partial charge >= 0.3 is 0 Å². The molecule has 2 fully saturated rings. The molecule has 122 valence electrons. The Morgan fingerprint density at radius 3 is 2.64 bits per heavy atom.